The molecule has 0 heterocycles. The second kappa shape index (κ2) is 4.07. The van der Waals surface area contributed by atoms with Crippen LogP contribution in [-0.4, -0.2) is 28.3 Å². The van der Waals surface area contributed by atoms with Gasteiger partial charge in [-0.15, -0.1) is 0 Å². The Morgan fingerprint density at radius 3 is 2.69 bits per heavy atom. The van der Waals surface area contributed by atoms with Gasteiger partial charge in [0.2, 0.25) is 0 Å². The number of carboxylic acid groups (broad SMARTS) is 1. The summed E-state index contributed by atoms with van der Waals surface area (Å²) in [4.78, 5) is 11.0. The van der Waals surface area contributed by atoms with Gasteiger partial charge in [-0.1, -0.05) is 15.9 Å². The minimum atomic E-state index is -0.969. The highest BCUT2D eigenvalue weighted by Gasteiger charge is 2.42. The number of aromatic carboxylic acids is 1. The highest BCUT2D eigenvalue weighted by Crippen LogP contribution is 2.39. The molecule has 1 saturated carbocycles. The first kappa shape index (κ1) is 11.4. The Hall–Kier alpha value is -1.07. The lowest BCUT2D eigenvalue weighted by molar-refractivity contribution is 0.0697. The number of carbonyl (C=O) groups is 1. The molecule has 5 heteroatoms. The van der Waals surface area contributed by atoms with E-state index in [9.17, 15) is 9.90 Å². The first-order valence-electron chi connectivity index (χ1n) is 4.98. The van der Waals surface area contributed by atoms with Crippen molar-refractivity contribution in [3.63, 3.8) is 0 Å². The predicted molar refractivity (Wildman–Crippen MR) is 63.8 cm³/mol. The second-order valence-corrected chi connectivity index (χ2v) is 4.97. The van der Waals surface area contributed by atoms with Gasteiger partial charge in [-0.2, -0.15) is 0 Å². The van der Waals surface area contributed by atoms with E-state index in [1.807, 2.05) is 0 Å². The maximum Gasteiger partial charge on any atom is 0.337 e. The van der Waals surface area contributed by atoms with Crippen LogP contribution < -0.4 is 5.32 Å². The van der Waals surface area contributed by atoms with Gasteiger partial charge in [0, 0.05) is 4.47 Å². The number of aliphatic hydroxyl groups excluding tert-OH is 1. The molecule has 4 nitrogen and oxygen atoms in total. The van der Waals surface area contributed by atoms with Gasteiger partial charge in [0.15, 0.2) is 0 Å². The van der Waals surface area contributed by atoms with Gasteiger partial charge in [-0.25, -0.2) is 4.79 Å². The van der Waals surface area contributed by atoms with Crippen molar-refractivity contribution in [1.82, 2.24) is 0 Å². The number of halogens is 1. The van der Waals surface area contributed by atoms with Crippen molar-refractivity contribution in [3.05, 3.63) is 28.2 Å². The summed E-state index contributed by atoms with van der Waals surface area (Å²) in [5, 5.41) is 21.3. The normalized spacial score (nSPS) is 16.9. The summed E-state index contributed by atoms with van der Waals surface area (Å²) in [5.74, 6) is -0.969. The minimum Gasteiger partial charge on any atom is -0.478 e. The van der Waals surface area contributed by atoms with Crippen molar-refractivity contribution in [2.24, 2.45) is 0 Å². The number of anilines is 1. The Morgan fingerprint density at radius 1 is 1.50 bits per heavy atom. The zero-order valence-corrected chi connectivity index (χ0v) is 10.1. The Kier molecular flexibility index (Phi) is 2.90. The molecule has 0 aliphatic heterocycles. The third kappa shape index (κ3) is 2.20. The third-order valence-corrected chi connectivity index (χ3v) is 3.26. The summed E-state index contributed by atoms with van der Waals surface area (Å²) in [6, 6.07) is 4.95. The molecule has 16 heavy (non-hydrogen) atoms. The van der Waals surface area contributed by atoms with E-state index in [-0.39, 0.29) is 17.7 Å². The molecule has 0 spiro atoms. The topological polar surface area (TPSA) is 69.6 Å². The maximum absolute atomic E-state index is 11.0. The molecule has 1 fully saturated rings. The summed E-state index contributed by atoms with van der Waals surface area (Å²) in [6.07, 6.45) is 1.74. The van der Waals surface area contributed by atoms with Gasteiger partial charge in [0.05, 0.1) is 23.4 Å². The van der Waals surface area contributed by atoms with Crippen LogP contribution in [0.5, 0.6) is 0 Å². The largest absolute Gasteiger partial charge is 0.478 e. The van der Waals surface area contributed by atoms with Crippen LogP contribution in [0.4, 0.5) is 5.69 Å². The first-order valence-corrected chi connectivity index (χ1v) is 5.77. The number of aliphatic hydroxyl groups is 1. The van der Waals surface area contributed by atoms with Crippen LogP contribution >= 0.6 is 15.9 Å². The second-order valence-electron chi connectivity index (χ2n) is 4.06. The fraction of sp³-hybridized carbons (Fsp3) is 0.364. The summed E-state index contributed by atoms with van der Waals surface area (Å²) < 4.78 is 0.814. The van der Waals surface area contributed by atoms with Crippen molar-refractivity contribution in [1.29, 1.82) is 0 Å². The molecule has 0 atom stereocenters. The average molecular weight is 286 g/mol. The van der Waals surface area contributed by atoms with Gasteiger partial charge in [-0.3, -0.25) is 0 Å². The van der Waals surface area contributed by atoms with Gasteiger partial charge < -0.3 is 15.5 Å². The molecule has 0 saturated heterocycles. The summed E-state index contributed by atoms with van der Waals surface area (Å²) >= 11 is 3.30. The molecule has 1 aromatic rings. The number of rotatable bonds is 4. The van der Waals surface area contributed by atoms with Crippen LogP contribution in [0.2, 0.25) is 0 Å². The van der Waals surface area contributed by atoms with Crippen LogP contribution in [0.25, 0.3) is 0 Å². The molecule has 0 bridgehead atoms. The van der Waals surface area contributed by atoms with Crippen LogP contribution in [0.15, 0.2) is 22.7 Å². The van der Waals surface area contributed by atoms with Gasteiger partial charge in [-0.05, 0) is 31.0 Å². The highest BCUT2D eigenvalue weighted by molar-refractivity contribution is 9.10. The molecule has 0 unspecified atom stereocenters. The zero-order chi connectivity index (χ0) is 11.8. The first-order chi connectivity index (χ1) is 7.56. The molecule has 3 N–H and O–H groups in total. The number of carboxylic acids is 1. The van der Waals surface area contributed by atoms with Crippen LogP contribution in [0.3, 0.4) is 0 Å². The van der Waals surface area contributed by atoms with Gasteiger partial charge >= 0.3 is 5.97 Å². The molecule has 0 aromatic heterocycles. The van der Waals surface area contributed by atoms with E-state index < -0.39 is 5.97 Å². The van der Waals surface area contributed by atoms with Crippen LogP contribution in [0.1, 0.15) is 23.2 Å². The fourth-order valence-electron chi connectivity index (χ4n) is 1.57. The van der Waals surface area contributed by atoms with Gasteiger partial charge in [0.25, 0.3) is 0 Å². The summed E-state index contributed by atoms with van der Waals surface area (Å²) in [6.45, 7) is 0.0264. The molecule has 86 valence electrons. The smallest absolute Gasteiger partial charge is 0.337 e. The molecule has 0 amide bonds. The number of hydrogen-bond acceptors (Lipinski definition) is 3. The highest BCUT2D eigenvalue weighted by atomic mass is 79.9. The average Bonchev–Trinajstić information content (AvgIpc) is 2.98. The van der Waals surface area contributed by atoms with Crippen molar-refractivity contribution >= 4 is 27.6 Å². The molecular formula is C11H12BrNO3. The van der Waals surface area contributed by atoms with Crippen molar-refractivity contribution in [3.8, 4) is 0 Å². The number of hydrogen-bond donors (Lipinski definition) is 3. The quantitative estimate of drug-likeness (QED) is 0.792. The monoisotopic (exact) mass is 285 g/mol. The molecular weight excluding hydrogens is 274 g/mol. The van der Waals surface area contributed by atoms with E-state index in [1.54, 1.807) is 18.2 Å². The van der Waals surface area contributed by atoms with E-state index in [1.165, 1.54) is 0 Å². The number of nitrogens with one attached hydrogen (secondary N) is 1. The van der Waals surface area contributed by atoms with E-state index in [2.05, 4.69) is 21.2 Å². The third-order valence-electron chi connectivity index (χ3n) is 2.77. The number of benzene rings is 1. The lowest BCUT2D eigenvalue weighted by Gasteiger charge is -2.17. The summed E-state index contributed by atoms with van der Waals surface area (Å²) in [5.41, 5.74) is 0.460. The lowest BCUT2D eigenvalue weighted by Crippen LogP contribution is -2.26. The van der Waals surface area contributed by atoms with Gasteiger partial charge in [0.1, 0.15) is 0 Å². The van der Waals surface area contributed by atoms with Crippen molar-refractivity contribution in [2.45, 2.75) is 18.4 Å². The Morgan fingerprint density at radius 2 is 2.19 bits per heavy atom. The molecule has 2 rings (SSSR count). The minimum absolute atomic E-state index is 0.0264. The molecule has 1 aliphatic rings. The SMILES string of the molecule is O=C(O)c1ccc(Br)cc1NC1(CO)CC1. The fourth-order valence-corrected chi connectivity index (χ4v) is 1.93. The van der Waals surface area contributed by atoms with E-state index >= 15 is 0 Å². The molecule has 1 aliphatic carbocycles. The zero-order valence-electron chi connectivity index (χ0n) is 8.53. The lowest BCUT2D eigenvalue weighted by atomic mass is 10.1. The molecule has 1 aromatic carbocycles. The predicted octanol–water partition coefficient (Wildman–Crippen LogP) is 2.08. The maximum atomic E-state index is 11.0. The van der Waals surface area contributed by atoms with Crippen LogP contribution in [0, 0.1) is 0 Å². The Balaban J connectivity index is 2.31. The molecule has 0 radical (unpaired) electrons. The summed E-state index contributed by atoms with van der Waals surface area (Å²) in [7, 11) is 0. The van der Waals surface area contributed by atoms with Crippen molar-refractivity contribution < 1.29 is 15.0 Å². The Bertz CT molecular complexity index is 429. The Labute approximate surface area is 101 Å². The van der Waals surface area contributed by atoms with Crippen molar-refractivity contribution in [2.75, 3.05) is 11.9 Å². The standard InChI is InChI=1S/C11H12BrNO3/c12-7-1-2-8(10(15)16)9(5-7)13-11(6-14)3-4-11/h1-2,5,13-14H,3-4,6H2,(H,15,16). The van der Waals surface area contributed by atoms with E-state index in [4.69, 9.17) is 5.11 Å². The van der Waals surface area contributed by atoms with E-state index in [0.717, 1.165) is 17.3 Å². The van der Waals surface area contributed by atoms with Crippen LogP contribution in [-0.2, 0) is 0 Å². The van der Waals surface area contributed by atoms with E-state index in [0.29, 0.717) is 5.69 Å².